The Morgan fingerprint density at radius 1 is 1.28 bits per heavy atom. The molecule has 0 spiro atoms. The van der Waals surface area contributed by atoms with Gasteiger partial charge in [-0.1, -0.05) is 17.7 Å². The van der Waals surface area contributed by atoms with Gasteiger partial charge in [-0.25, -0.2) is 0 Å². The molecule has 1 unspecified atom stereocenters. The first-order valence-corrected chi connectivity index (χ1v) is 6.09. The summed E-state index contributed by atoms with van der Waals surface area (Å²) in [5.74, 6) is 0.773. The first-order chi connectivity index (χ1) is 8.70. The second-order valence-electron chi connectivity index (χ2n) is 3.97. The molecule has 2 rings (SSSR count). The van der Waals surface area contributed by atoms with E-state index in [1.54, 1.807) is 13.3 Å². The molecule has 4 heteroatoms. The molecule has 1 aromatic heterocycles. The van der Waals surface area contributed by atoms with Gasteiger partial charge in [0.15, 0.2) is 0 Å². The third-order valence-electron chi connectivity index (χ3n) is 2.68. The monoisotopic (exact) mass is 262 g/mol. The summed E-state index contributed by atoms with van der Waals surface area (Å²) in [6.45, 7) is 2.04. The zero-order chi connectivity index (χ0) is 13.0. The standard InChI is InChI=1S/C14H15ClN2O/c1-10(13-5-3-4-8-16-13)17-14-9-11(18-2)6-7-12(14)15/h3-10,17H,1-2H3. The van der Waals surface area contributed by atoms with Gasteiger partial charge in [0.05, 0.1) is 29.6 Å². The number of benzene rings is 1. The van der Waals surface area contributed by atoms with E-state index in [0.717, 1.165) is 17.1 Å². The summed E-state index contributed by atoms with van der Waals surface area (Å²) in [6.07, 6.45) is 1.78. The average Bonchev–Trinajstić information content (AvgIpc) is 2.42. The van der Waals surface area contributed by atoms with Crippen molar-refractivity contribution in [2.75, 3.05) is 12.4 Å². The molecule has 0 aliphatic heterocycles. The van der Waals surface area contributed by atoms with Gasteiger partial charge in [0.25, 0.3) is 0 Å². The van der Waals surface area contributed by atoms with E-state index in [0.29, 0.717) is 5.02 Å². The predicted molar refractivity (Wildman–Crippen MR) is 74.3 cm³/mol. The number of hydrogen-bond donors (Lipinski definition) is 1. The van der Waals surface area contributed by atoms with E-state index in [1.165, 1.54) is 0 Å². The highest BCUT2D eigenvalue weighted by Crippen LogP contribution is 2.29. The molecule has 0 fully saturated rings. The van der Waals surface area contributed by atoms with Gasteiger partial charge in [0.2, 0.25) is 0 Å². The van der Waals surface area contributed by atoms with Crippen molar-refractivity contribution >= 4 is 17.3 Å². The number of anilines is 1. The van der Waals surface area contributed by atoms with Crippen LogP contribution in [0.5, 0.6) is 5.75 Å². The molecule has 1 aromatic carbocycles. The second-order valence-corrected chi connectivity index (χ2v) is 4.37. The topological polar surface area (TPSA) is 34.1 Å². The molecule has 2 aromatic rings. The summed E-state index contributed by atoms with van der Waals surface area (Å²) >= 11 is 6.15. The molecular weight excluding hydrogens is 248 g/mol. The summed E-state index contributed by atoms with van der Waals surface area (Å²) in [6, 6.07) is 11.4. The molecule has 0 aliphatic carbocycles. The Kier molecular flexibility index (Phi) is 4.05. The Balaban J connectivity index is 2.18. The van der Waals surface area contributed by atoms with E-state index in [-0.39, 0.29) is 6.04 Å². The van der Waals surface area contributed by atoms with Crippen LogP contribution in [0.1, 0.15) is 18.7 Å². The molecule has 94 valence electrons. The number of halogens is 1. The predicted octanol–water partition coefficient (Wildman–Crippen LogP) is 3.92. The molecule has 1 atom stereocenters. The Bertz CT molecular complexity index is 516. The van der Waals surface area contributed by atoms with E-state index in [4.69, 9.17) is 16.3 Å². The van der Waals surface area contributed by atoms with Crippen LogP contribution in [0.3, 0.4) is 0 Å². The zero-order valence-electron chi connectivity index (χ0n) is 10.4. The number of hydrogen-bond acceptors (Lipinski definition) is 3. The summed E-state index contributed by atoms with van der Waals surface area (Å²) in [4.78, 5) is 4.31. The summed E-state index contributed by atoms with van der Waals surface area (Å²) < 4.78 is 5.18. The summed E-state index contributed by atoms with van der Waals surface area (Å²) in [5, 5.41) is 3.99. The molecule has 1 N–H and O–H groups in total. The second kappa shape index (κ2) is 5.74. The average molecular weight is 263 g/mol. The number of pyridine rings is 1. The van der Waals surface area contributed by atoms with E-state index >= 15 is 0 Å². The van der Waals surface area contributed by atoms with Crippen LogP contribution < -0.4 is 10.1 Å². The lowest BCUT2D eigenvalue weighted by Gasteiger charge is -2.16. The number of rotatable bonds is 4. The molecular formula is C14H15ClN2O. The molecule has 0 aliphatic rings. The van der Waals surface area contributed by atoms with Gasteiger partial charge >= 0.3 is 0 Å². The zero-order valence-corrected chi connectivity index (χ0v) is 11.1. The smallest absolute Gasteiger partial charge is 0.121 e. The lowest BCUT2D eigenvalue weighted by molar-refractivity contribution is 0.415. The van der Waals surface area contributed by atoms with Crippen molar-refractivity contribution in [1.29, 1.82) is 0 Å². The van der Waals surface area contributed by atoms with Crippen molar-refractivity contribution in [2.24, 2.45) is 0 Å². The minimum atomic E-state index is 0.0795. The fourth-order valence-corrected chi connectivity index (χ4v) is 1.85. The minimum absolute atomic E-state index is 0.0795. The number of aromatic nitrogens is 1. The van der Waals surface area contributed by atoms with Crippen molar-refractivity contribution in [2.45, 2.75) is 13.0 Å². The van der Waals surface area contributed by atoms with Crippen LogP contribution in [0.15, 0.2) is 42.6 Å². The van der Waals surface area contributed by atoms with Crippen LogP contribution in [0, 0.1) is 0 Å². The van der Waals surface area contributed by atoms with Crippen LogP contribution in [-0.2, 0) is 0 Å². The Labute approximate surface area is 112 Å². The van der Waals surface area contributed by atoms with Crippen molar-refractivity contribution in [3.63, 3.8) is 0 Å². The highest BCUT2D eigenvalue weighted by Gasteiger charge is 2.09. The van der Waals surface area contributed by atoms with Crippen molar-refractivity contribution in [3.05, 3.63) is 53.3 Å². The number of methoxy groups -OCH3 is 1. The SMILES string of the molecule is COc1ccc(Cl)c(NC(C)c2ccccn2)c1. The highest BCUT2D eigenvalue weighted by atomic mass is 35.5. The van der Waals surface area contributed by atoms with Gasteiger partial charge in [-0.05, 0) is 31.2 Å². The quantitative estimate of drug-likeness (QED) is 0.907. The maximum Gasteiger partial charge on any atom is 0.121 e. The summed E-state index contributed by atoms with van der Waals surface area (Å²) in [5.41, 5.74) is 1.81. The lowest BCUT2D eigenvalue weighted by atomic mass is 10.2. The van der Waals surface area contributed by atoms with Gasteiger partial charge < -0.3 is 10.1 Å². The van der Waals surface area contributed by atoms with E-state index < -0.39 is 0 Å². The van der Waals surface area contributed by atoms with E-state index in [2.05, 4.69) is 10.3 Å². The number of nitrogens with zero attached hydrogens (tertiary/aromatic N) is 1. The van der Waals surface area contributed by atoms with E-state index in [9.17, 15) is 0 Å². The van der Waals surface area contributed by atoms with Crippen molar-refractivity contribution < 1.29 is 4.74 Å². The van der Waals surface area contributed by atoms with Gasteiger partial charge in [-0.15, -0.1) is 0 Å². The number of nitrogens with one attached hydrogen (secondary N) is 1. The summed E-state index contributed by atoms with van der Waals surface area (Å²) in [7, 11) is 1.63. The van der Waals surface area contributed by atoms with Crippen LogP contribution in [0.2, 0.25) is 5.02 Å². The van der Waals surface area contributed by atoms with Gasteiger partial charge in [-0.2, -0.15) is 0 Å². The molecule has 1 heterocycles. The number of ether oxygens (including phenoxy) is 1. The van der Waals surface area contributed by atoms with Crippen molar-refractivity contribution in [3.8, 4) is 5.75 Å². The molecule has 0 radical (unpaired) electrons. The lowest BCUT2D eigenvalue weighted by Crippen LogP contribution is -2.08. The highest BCUT2D eigenvalue weighted by molar-refractivity contribution is 6.33. The molecule has 0 saturated carbocycles. The largest absolute Gasteiger partial charge is 0.497 e. The fraction of sp³-hybridized carbons (Fsp3) is 0.214. The van der Waals surface area contributed by atoms with Gasteiger partial charge in [0.1, 0.15) is 5.75 Å². The van der Waals surface area contributed by atoms with Crippen LogP contribution in [0.4, 0.5) is 5.69 Å². The third-order valence-corrected chi connectivity index (χ3v) is 3.01. The maximum atomic E-state index is 6.15. The van der Waals surface area contributed by atoms with Crippen molar-refractivity contribution in [1.82, 2.24) is 4.98 Å². The molecule has 0 amide bonds. The first kappa shape index (κ1) is 12.7. The molecule has 3 nitrogen and oxygen atoms in total. The van der Waals surface area contributed by atoms with Gasteiger partial charge in [0, 0.05) is 12.3 Å². The molecule has 0 bridgehead atoms. The normalized spacial score (nSPS) is 11.9. The Morgan fingerprint density at radius 2 is 2.11 bits per heavy atom. The first-order valence-electron chi connectivity index (χ1n) is 5.71. The van der Waals surface area contributed by atoms with Crippen LogP contribution in [-0.4, -0.2) is 12.1 Å². The van der Waals surface area contributed by atoms with Crippen LogP contribution >= 0.6 is 11.6 Å². The Hall–Kier alpha value is -1.74. The third kappa shape index (κ3) is 2.93. The molecule has 0 saturated heterocycles. The minimum Gasteiger partial charge on any atom is -0.497 e. The van der Waals surface area contributed by atoms with Crippen LogP contribution in [0.25, 0.3) is 0 Å². The Morgan fingerprint density at radius 3 is 2.78 bits per heavy atom. The maximum absolute atomic E-state index is 6.15. The molecule has 18 heavy (non-hydrogen) atoms. The van der Waals surface area contributed by atoms with E-state index in [1.807, 2.05) is 43.3 Å². The fourth-order valence-electron chi connectivity index (χ4n) is 1.68. The van der Waals surface area contributed by atoms with Gasteiger partial charge in [-0.3, -0.25) is 4.98 Å².